The van der Waals surface area contributed by atoms with Crippen LogP contribution in [0.3, 0.4) is 0 Å². The van der Waals surface area contributed by atoms with E-state index in [2.05, 4.69) is 27.7 Å². The molecule has 0 aromatic carbocycles. The maximum Gasteiger partial charge on any atom is 2.00 e. The second-order valence-corrected chi connectivity index (χ2v) is 6.04. The van der Waals surface area contributed by atoms with E-state index < -0.39 is 11.9 Å². The normalized spacial score (nSPS) is 10.0. The van der Waals surface area contributed by atoms with E-state index in [-0.39, 0.29) is 35.9 Å². The topological polar surface area (TPSA) is 80.3 Å². The van der Waals surface area contributed by atoms with Crippen molar-refractivity contribution < 1.29 is 19.8 Å². The molecule has 0 aliphatic carbocycles. The first-order valence-electron chi connectivity index (χ1n) is 8.80. The van der Waals surface area contributed by atoms with Crippen LogP contribution < -0.4 is 10.2 Å². The summed E-state index contributed by atoms with van der Waals surface area (Å²) in [5.41, 5.74) is 0. The second kappa shape index (κ2) is 19.8. The third-order valence-corrected chi connectivity index (χ3v) is 3.70. The van der Waals surface area contributed by atoms with Crippen LogP contribution in [0, 0.1) is 11.8 Å². The zero-order valence-electron chi connectivity index (χ0n) is 15.6. The molecule has 0 bridgehead atoms. The van der Waals surface area contributed by atoms with Crippen LogP contribution >= 0.6 is 0 Å². The molecule has 5 heteroatoms. The van der Waals surface area contributed by atoms with Gasteiger partial charge in [-0.3, -0.25) is 0 Å². The van der Waals surface area contributed by atoms with Gasteiger partial charge in [0.05, 0.1) is 0 Å². The van der Waals surface area contributed by atoms with Gasteiger partial charge in [-0.25, -0.2) is 0 Å². The number of aliphatic carboxylic acids is 2. The van der Waals surface area contributed by atoms with Gasteiger partial charge in [0, 0.05) is 11.9 Å². The van der Waals surface area contributed by atoms with Crippen molar-refractivity contribution in [2.75, 3.05) is 0 Å². The minimum Gasteiger partial charge on any atom is -0.550 e. The summed E-state index contributed by atoms with van der Waals surface area (Å²) in [5, 5.41) is 20.5. The zero-order chi connectivity index (χ0) is 17.4. The number of hydrogen-bond donors (Lipinski definition) is 0. The van der Waals surface area contributed by atoms with E-state index >= 15 is 0 Å². The minimum atomic E-state index is -0.906. The monoisotopic (exact) mass is 338 g/mol. The van der Waals surface area contributed by atoms with E-state index in [9.17, 15) is 19.8 Å². The molecule has 0 fully saturated rings. The van der Waals surface area contributed by atoms with E-state index in [0.717, 1.165) is 51.4 Å². The molecule has 0 heterocycles. The van der Waals surface area contributed by atoms with Gasteiger partial charge in [-0.15, -0.1) is 0 Å². The maximum absolute atomic E-state index is 10.2. The van der Waals surface area contributed by atoms with Crippen molar-refractivity contribution in [3.63, 3.8) is 0 Å². The van der Waals surface area contributed by atoms with E-state index in [1.165, 1.54) is 0 Å². The van der Waals surface area contributed by atoms with Crippen molar-refractivity contribution in [1.29, 1.82) is 0 Å². The first kappa shape index (κ1) is 27.5. The first-order valence-corrected chi connectivity index (χ1v) is 8.80. The maximum atomic E-state index is 10.2. The third-order valence-electron chi connectivity index (χ3n) is 3.70. The fourth-order valence-corrected chi connectivity index (χ4v) is 2.80. The van der Waals surface area contributed by atoms with E-state index in [0.29, 0.717) is 11.8 Å². The SMILES string of the molecule is CCCC(CCC)CC(=O)[O-].CCCC(CCC)CC(=O)[O-].[Mg+2]. The van der Waals surface area contributed by atoms with Crippen LogP contribution in [0.25, 0.3) is 0 Å². The first-order chi connectivity index (χ1) is 10.4. The van der Waals surface area contributed by atoms with Crippen LogP contribution in [-0.4, -0.2) is 35.0 Å². The molecule has 0 spiro atoms. The van der Waals surface area contributed by atoms with Crippen molar-refractivity contribution in [1.82, 2.24) is 0 Å². The summed E-state index contributed by atoms with van der Waals surface area (Å²) in [5.74, 6) is -1.13. The Hall–Kier alpha value is -0.294. The average Bonchev–Trinajstić information content (AvgIpc) is 2.39. The van der Waals surface area contributed by atoms with Crippen LogP contribution in [-0.2, 0) is 9.59 Å². The molecule has 132 valence electrons. The number of rotatable bonds is 12. The molecule has 0 saturated heterocycles. The molecule has 0 unspecified atom stereocenters. The largest absolute Gasteiger partial charge is 2.00 e. The van der Waals surface area contributed by atoms with E-state index in [1.54, 1.807) is 0 Å². The Morgan fingerprint density at radius 1 is 0.652 bits per heavy atom. The van der Waals surface area contributed by atoms with Gasteiger partial charge < -0.3 is 19.8 Å². The molecule has 0 N–H and O–H groups in total. The predicted octanol–water partition coefficient (Wildman–Crippen LogP) is 2.30. The molecule has 0 aliphatic rings. The quantitative estimate of drug-likeness (QED) is 0.511. The predicted molar refractivity (Wildman–Crippen MR) is 91.6 cm³/mol. The molecule has 0 saturated carbocycles. The number of carboxylic acid groups (broad SMARTS) is 2. The molecule has 0 aromatic heterocycles. The Kier molecular flexibility index (Phi) is 23.7. The number of hydrogen-bond acceptors (Lipinski definition) is 4. The third kappa shape index (κ3) is 21.7. The Balaban J connectivity index is -0.000000333. The summed E-state index contributed by atoms with van der Waals surface area (Å²) in [7, 11) is 0. The van der Waals surface area contributed by atoms with Gasteiger partial charge in [0.15, 0.2) is 0 Å². The molecule has 0 radical (unpaired) electrons. The fraction of sp³-hybridized carbons (Fsp3) is 0.889. The summed E-state index contributed by atoms with van der Waals surface area (Å²) >= 11 is 0. The average molecular weight is 339 g/mol. The molecule has 4 nitrogen and oxygen atoms in total. The second-order valence-electron chi connectivity index (χ2n) is 6.04. The van der Waals surface area contributed by atoms with Gasteiger partial charge in [-0.05, 0) is 24.7 Å². The molecule has 23 heavy (non-hydrogen) atoms. The summed E-state index contributed by atoms with van der Waals surface area (Å²) in [6.45, 7) is 8.33. The summed E-state index contributed by atoms with van der Waals surface area (Å²) in [6.07, 6.45) is 8.81. The van der Waals surface area contributed by atoms with Crippen molar-refractivity contribution in [2.24, 2.45) is 11.8 Å². The minimum absolute atomic E-state index is 0. The van der Waals surface area contributed by atoms with Crippen molar-refractivity contribution in [3.8, 4) is 0 Å². The Bertz CT molecular complexity index is 242. The molecule has 0 atom stereocenters. The molecule has 0 amide bonds. The van der Waals surface area contributed by atoms with Crippen LogP contribution in [0.1, 0.15) is 91.9 Å². The molecule has 0 aromatic rings. The molecule has 0 aliphatic heterocycles. The van der Waals surface area contributed by atoms with Crippen molar-refractivity contribution in [3.05, 3.63) is 0 Å². The van der Waals surface area contributed by atoms with Gasteiger partial charge in [0.25, 0.3) is 0 Å². The van der Waals surface area contributed by atoms with Crippen LogP contribution in [0.4, 0.5) is 0 Å². The Labute approximate surface area is 158 Å². The Morgan fingerprint density at radius 2 is 0.870 bits per heavy atom. The van der Waals surface area contributed by atoms with Crippen LogP contribution in [0.2, 0.25) is 0 Å². The molecule has 0 rings (SSSR count). The standard InChI is InChI=1S/2C9H18O2.Mg/c2*1-3-5-8(6-4-2)7-9(10)11;/h2*8H,3-7H2,1-2H3,(H,10,11);/q;;+2/p-2. The summed E-state index contributed by atoms with van der Waals surface area (Å²) in [4.78, 5) is 20.5. The van der Waals surface area contributed by atoms with Crippen molar-refractivity contribution >= 4 is 35.0 Å². The number of carboxylic acids is 2. The van der Waals surface area contributed by atoms with Gasteiger partial charge in [-0.2, -0.15) is 0 Å². The molecular formula is C18H34MgO4. The summed E-state index contributed by atoms with van der Waals surface area (Å²) < 4.78 is 0. The van der Waals surface area contributed by atoms with E-state index in [1.807, 2.05) is 0 Å². The van der Waals surface area contributed by atoms with Gasteiger partial charge >= 0.3 is 23.1 Å². The van der Waals surface area contributed by atoms with Gasteiger partial charge in [-0.1, -0.05) is 79.1 Å². The molecular weight excluding hydrogens is 304 g/mol. The summed E-state index contributed by atoms with van der Waals surface area (Å²) in [6, 6.07) is 0. The van der Waals surface area contributed by atoms with Crippen LogP contribution in [0.15, 0.2) is 0 Å². The smallest absolute Gasteiger partial charge is 0.550 e. The number of carbonyl (C=O) groups is 2. The fourth-order valence-electron chi connectivity index (χ4n) is 2.80. The zero-order valence-corrected chi connectivity index (χ0v) is 17.0. The van der Waals surface area contributed by atoms with E-state index in [4.69, 9.17) is 0 Å². The van der Waals surface area contributed by atoms with Gasteiger partial charge in [0.1, 0.15) is 0 Å². The number of carbonyl (C=O) groups excluding carboxylic acids is 2. The van der Waals surface area contributed by atoms with Gasteiger partial charge in [0.2, 0.25) is 0 Å². The van der Waals surface area contributed by atoms with Crippen LogP contribution in [0.5, 0.6) is 0 Å². The van der Waals surface area contributed by atoms with Crippen molar-refractivity contribution in [2.45, 2.75) is 91.9 Å². The Morgan fingerprint density at radius 3 is 1.00 bits per heavy atom.